The summed E-state index contributed by atoms with van der Waals surface area (Å²) in [5.74, 6) is 0.268. The molecule has 2 heterocycles. The highest BCUT2D eigenvalue weighted by molar-refractivity contribution is 5.93. The van der Waals surface area contributed by atoms with Crippen molar-refractivity contribution in [2.75, 3.05) is 6.61 Å². The van der Waals surface area contributed by atoms with Crippen LogP contribution in [-0.4, -0.2) is 21.9 Å². The Kier molecular flexibility index (Phi) is 2.78. The van der Waals surface area contributed by atoms with Crippen molar-refractivity contribution in [1.82, 2.24) is 9.55 Å². The maximum atomic E-state index is 12.3. The van der Waals surface area contributed by atoms with Gasteiger partial charge in [0.15, 0.2) is 5.78 Å². The lowest BCUT2D eigenvalue weighted by Crippen LogP contribution is -2.41. The molecule has 3 rings (SSSR count). The summed E-state index contributed by atoms with van der Waals surface area (Å²) in [5, 5.41) is 0. The molecule has 1 aliphatic heterocycles. The zero-order valence-electron chi connectivity index (χ0n) is 10.8. The minimum absolute atomic E-state index is 0.0334. The van der Waals surface area contributed by atoms with E-state index in [1.54, 1.807) is 12.1 Å². The number of H-pyrrole nitrogens is 1. The van der Waals surface area contributed by atoms with Crippen LogP contribution in [0.25, 0.3) is 0 Å². The van der Waals surface area contributed by atoms with Gasteiger partial charge in [0, 0.05) is 11.8 Å². The number of ketones is 1. The molecule has 0 radical (unpaired) electrons. The lowest BCUT2D eigenvalue weighted by atomic mass is 10.1. The Balaban J connectivity index is 2.22. The molecule has 1 aliphatic rings. The summed E-state index contributed by atoms with van der Waals surface area (Å²) in [6, 6.07) is 6.71. The maximum absolute atomic E-state index is 12.3. The Morgan fingerprint density at radius 2 is 2.10 bits per heavy atom. The molecular formula is C14H12N2O4. The standard InChI is InChI=1S/C14H12N2O4/c1-8(17)10-6-15-14(19)16(13(10)18)11-7-20-12-5-3-2-4-9(11)12/h2-6,11H,7H2,1H3,(H,15,19). The van der Waals surface area contributed by atoms with Gasteiger partial charge < -0.3 is 9.72 Å². The molecule has 1 N–H and O–H groups in total. The summed E-state index contributed by atoms with van der Waals surface area (Å²) in [4.78, 5) is 38.1. The summed E-state index contributed by atoms with van der Waals surface area (Å²) in [5.41, 5.74) is -0.411. The van der Waals surface area contributed by atoms with Crippen molar-refractivity contribution < 1.29 is 9.53 Å². The lowest BCUT2D eigenvalue weighted by Gasteiger charge is -2.12. The van der Waals surface area contributed by atoms with Gasteiger partial charge in [0.05, 0.1) is 5.56 Å². The van der Waals surface area contributed by atoms with E-state index in [0.717, 1.165) is 16.3 Å². The molecule has 1 atom stereocenters. The van der Waals surface area contributed by atoms with Crippen molar-refractivity contribution in [1.29, 1.82) is 0 Å². The van der Waals surface area contributed by atoms with Crippen molar-refractivity contribution >= 4 is 5.78 Å². The number of Topliss-reactive ketones (excluding diaryl/α,β-unsaturated/α-hetero) is 1. The molecule has 1 aromatic carbocycles. The van der Waals surface area contributed by atoms with Crippen LogP contribution in [-0.2, 0) is 0 Å². The van der Waals surface area contributed by atoms with Crippen molar-refractivity contribution in [3.63, 3.8) is 0 Å². The number of carbonyl (C=O) groups is 1. The second-order valence-electron chi connectivity index (χ2n) is 4.60. The fourth-order valence-electron chi connectivity index (χ4n) is 2.38. The van der Waals surface area contributed by atoms with Gasteiger partial charge in [0.25, 0.3) is 5.56 Å². The molecular weight excluding hydrogens is 260 g/mol. The van der Waals surface area contributed by atoms with Gasteiger partial charge in [-0.3, -0.25) is 9.59 Å². The zero-order chi connectivity index (χ0) is 14.3. The number of carbonyl (C=O) groups excluding carboxylic acids is 1. The van der Waals surface area contributed by atoms with Gasteiger partial charge in [-0.05, 0) is 13.0 Å². The quantitative estimate of drug-likeness (QED) is 0.817. The topological polar surface area (TPSA) is 81.2 Å². The Morgan fingerprint density at radius 3 is 2.85 bits per heavy atom. The minimum Gasteiger partial charge on any atom is -0.491 e. The van der Waals surface area contributed by atoms with Gasteiger partial charge in [-0.15, -0.1) is 0 Å². The number of para-hydroxylation sites is 1. The molecule has 0 saturated carbocycles. The van der Waals surface area contributed by atoms with Crippen LogP contribution in [0.5, 0.6) is 5.75 Å². The molecule has 6 heteroatoms. The normalized spacial score (nSPS) is 16.6. The first kappa shape index (κ1) is 12.4. The smallest absolute Gasteiger partial charge is 0.329 e. The van der Waals surface area contributed by atoms with Gasteiger partial charge in [-0.25, -0.2) is 9.36 Å². The van der Waals surface area contributed by atoms with Crippen LogP contribution in [0.15, 0.2) is 40.1 Å². The van der Waals surface area contributed by atoms with Crippen LogP contribution in [0.3, 0.4) is 0 Å². The first-order valence-corrected chi connectivity index (χ1v) is 6.16. The summed E-state index contributed by atoms with van der Waals surface area (Å²) < 4.78 is 6.52. The Bertz CT molecular complexity index is 803. The highest BCUT2D eigenvalue weighted by atomic mass is 16.5. The third kappa shape index (κ3) is 1.77. The summed E-state index contributed by atoms with van der Waals surface area (Å²) in [6.45, 7) is 1.49. The van der Waals surface area contributed by atoms with Gasteiger partial charge in [-0.1, -0.05) is 18.2 Å². The highest BCUT2D eigenvalue weighted by Gasteiger charge is 2.28. The van der Waals surface area contributed by atoms with Gasteiger partial charge in [0.1, 0.15) is 18.4 Å². The van der Waals surface area contributed by atoms with Crippen LogP contribution >= 0.6 is 0 Å². The molecule has 6 nitrogen and oxygen atoms in total. The Hall–Kier alpha value is -2.63. The number of hydrogen-bond donors (Lipinski definition) is 1. The second-order valence-corrected chi connectivity index (χ2v) is 4.60. The molecule has 102 valence electrons. The number of fused-ring (bicyclic) bond motifs is 1. The van der Waals surface area contributed by atoms with Gasteiger partial charge in [-0.2, -0.15) is 0 Å². The molecule has 0 spiro atoms. The highest BCUT2D eigenvalue weighted by Crippen LogP contribution is 2.32. The summed E-state index contributed by atoms with van der Waals surface area (Å²) >= 11 is 0. The van der Waals surface area contributed by atoms with Crippen LogP contribution in [0.4, 0.5) is 0 Å². The van der Waals surface area contributed by atoms with E-state index in [1.165, 1.54) is 6.92 Å². The predicted octanol–water partition coefficient (Wildman–Crippen LogP) is 0.721. The molecule has 1 unspecified atom stereocenters. The summed E-state index contributed by atoms with van der Waals surface area (Å²) in [6.07, 6.45) is 1.16. The van der Waals surface area contributed by atoms with Crippen LogP contribution in [0.2, 0.25) is 0 Å². The lowest BCUT2D eigenvalue weighted by molar-refractivity contribution is 0.101. The average molecular weight is 272 g/mol. The molecule has 0 aliphatic carbocycles. The summed E-state index contributed by atoms with van der Waals surface area (Å²) in [7, 11) is 0. The van der Waals surface area contributed by atoms with E-state index in [9.17, 15) is 14.4 Å². The van der Waals surface area contributed by atoms with Crippen molar-refractivity contribution in [2.45, 2.75) is 13.0 Å². The third-order valence-corrected chi connectivity index (χ3v) is 3.37. The molecule has 0 bridgehead atoms. The third-order valence-electron chi connectivity index (χ3n) is 3.37. The number of rotatable bonds is 2. The maximum Gasteiger partial charge on any atom is 0.329 e. The van der Waals surface area contributed by atoms with E-state index >= 15 is 0 Å². The van der Waals surface area contributed by atoms with E-state index in [0.29, 0.717) is 5.75 Å². The number of nitrogens with one attached hydrogen (secondary N) is 1. The SMILES string of the molecule is CC(=O)c1c[nH]c(=O)n(C2COc3ccccc32)c1=O. The number of benzene rings is 1. The van der Waals surface area contributed by atoms with Gasteiger partial charge in [0.2, 0.25) is 0 Å². The number of nitrogens with zero attached hydrogens (tertiary/aromatic N) is 1. The van der Waals surface area contributed by atoms with Crippen molar-refractivity contribution in [3.8, 4) is 5.75 Å². The van der Waals surface area contributed by atoms with Crippen LogP contribution in [0.1, 0.15) is 28.9 Å². The van der Waals surface area contributed by atoms with Crippen LogP contribution in [0, 0.1) is 0 Å². The van der Waals surface area contributed by atoms with Crippen molar-refractivity contribution in [2.24, 2.45) is 0 Å². The largest absolute Gasteiger partial charge is 0.491 e. The van der Waals surface area contributed by atoms with E-state index in [-0.39, 0.29) is 18.0 Å². The van der Waals surface area contributed by atoms with E-state index in [4.69, 9.17) is 4.74 Å². The molecule has 0 amide bonds. The molecule has 0 fully saturated rings. The van der Waals surface area contributed by atoms with Crippen LogP contribution < -0.4 is 16.0 Å². The number of aromatic amines is 1. The first-order valence-electron chi connectivity index (χ1n) is 6.16. The monoisotopic (exact) mass is 272 g/mol. The molecule has 20 heavy (non-hydrogen) atoms. The van der Waals surface area contributed by atoms with Crippen molar-refractivity contribution in [3.05, 3.63) is 62.4 Å². The molecule has 1 aromatic heterocycles. The number of aromatic nitrogens is 2. The number of ether oxygens (including phenoxy) is 1. The molecule has 2 aromatic rings. The zero-order valence-corrected chi connectivity index (χ0v) is 10.8. The fraction of sp³-hybridized carbons (Fsp3) is 0.214. The fourth-order valence-corrected chi connectivity index (χ4v) is 2.38. The Morgan fingerprint density at radius 1 is 1.35 bits per heavy atom. The first-order chi connectivity index (χ1) is 9.59. The average Bonchev–Trinajstić information content (AvgIpc) is 2.82. The number of hydrogen-bond acceptors (Lipinski definition) is 4. The van der Waals surface area contributed by atoms with E-state index < -0.39 is 17.3 Å². The van der Waals surface area contributed by atoms with E-state index in [1.807, 2.05) is 12.1 Å². The van der Waals surface area contributed by atoms with E-state index in [2.05, 4.69) is 4.98 Å². The minimum atomic E-state index is -0.591. The molecule has 0 saturated heterocycles. The van der Waals surface area contributed by atoms with Gasteiger partial charge >= 0.3 is 5.69 Å². The Labute approximate surface area is 113 Å². The second kappa shape index (κ2) is 4.48. The predicted molar refractivity (Wildman–Crippen MR) is 71.4 cm³/mol.